The summed E-state index contributed by atoms with van der Waals surface area (Å²) in [5.74, 6) is 0. The minimum atomic E-state index is 0.0169. The number of furan rings is 1. The van der Waals surface area contributed by atoms with Crippen LogP contribution in [0.4, 0.5) is 0 Å². The summed E-state index contributed by atoms with van der Waals surface area (Å²) in [5.41, 5.74) is 4.88. The molecule has 0 N–H and O–H groups in total. The molecule has 0 unspecified atom stereocenters. The fourth-order valence-corrected chi connectivity index (χ4v) is 5.18. The van der Waals surface area contributed by atoms with E-state index in [1.54, 1.807) is 17.7 Å². The topological polar surface area (TPSA) is 38.9 Å². The van der Waals surface area contributed by atoms with Crippen LogP contribution >= 0.6 is 11.3 Å². The van der Waals surface area contributed by atoms with Crippen LogP contribution in [0.1, 0.15) is 26.3 Å². The van der Waals surface area contributed by atoms with Gasteiger partial charge in [-0.25, -0.2) is 9.97 Å². The molecule has 30 heavy (non-hydrogen) atoms. The third-order valence-corrected chi connectivity index (χ3v) is 6.69. The monoisotopic (exact) mass is 408 g/mol. The second-order valence-electron chi connectivity index (χ2n) is 8.77. The largest absolute Gasteiger partial charge is 0.437 e. The molecule has 3 aromatic carbocycles. The highest BCUT2D eigenvalue weighted by atomic mass is 32.1. The van der Waals surface area contributed by atoms with Gasteiger partial charge in [-0.3, -0.25) is 0 Å². The summed E-state index contributed by atoms with van der Waals surface area (Å²) in [6.07, 6.45) is 1.61. The summed E-state index contributed by atoms with van der Waals surface area (Å²) in [6.45, 7) is 6.78. The van der Waals surface area contributed by atoms with Crippen LogP contribution in [0.15, 0.2) is 70.7 Å². The van der Waals surface area contributed by atoms with E-state index < -0.39 is 0 Å². The molecule has 6 rings (SSSR count). The molecule has 0 bridgehead atoms. The summed E-state index contributed by atoms with van der Waals surface area (Å²) in [6, 6.07) is 19.5. The van der Waals surface area contributed by atoms with E-state index in [4.69, 9.17) is 9.40 Å². The van der Waals surface area contributed by atoms with Crippen molar-refractivity contribution in [3.05, 3.63) is 71.9 Å². The lowest BCUT2D eigenvalue weighted by molar-refractivity contribution is 0.596. The first kappa shape index (κ1) is 17.6. The zero-order valence-electron chi connectivity index (χ0n) is 17.1. The molecular weight excluding hydrogens is 388 g/mol. The lowest BCUT2D eigenvalue weighted by Gasteiger charge is -2.22. The van der Waals surface area contributed by atoms with Gasteiger partial charge in [0, 0.05) is 21.0 Å². The maximum Gasteiger partial charge on any atom is 0.231 e. The molecule has 146 valence electrons. The van der Waals surface area contributed by atoms with Crippen molar-refractivity contribution < 1.29 is 4.42 Å². The molecule has 6 aromatic rings. The Morgan fingerprint density at radius 3 is 2.60 bits per heavy atom. The first-order chi connectivity index (χ1) is 14.5. The average molecular weight is 409 g/mol. The Balaban J connectivity index is 1.73. The smallest absolute Gasteiger partial charge is 0.231 e. The molecule has 0 amide bonds. The van der Waals surface area contributed by atoms with Crippen molar-refractivity contribution in [3.8, 4) is 11.3 Å². The van der Waals surface area contributed by atoms with Crippen molar-refractivity contribution in [1.82, 2.24) is 9.97 Å². The zero-order valence-corrected chi connectivity index (χ0v) is 17.9. The molecule has 4 heteroatoms. The van der Waals surface area contributed by atoms with Crippen LogP contribution in [-0.4, -0.2) is 9.97 Å². The Hall–Kier alpha value is -3.24. The third-order valence-electron chi connectivity index (χ3n) is 5.81. The number of aromatic nitrogens is 2. The number of benzene rings is 3. The van der Waals surface area contributed by atoms with Crippen LogP contribution in [0.5, 0.6) is 0 Å². The SMILES string of the molecule is CC(C)(C)c1cc(-c2ncnc3oc4c5ccsc5ccc4c23)cc2ccccc12. The quantitative estimate of drug-likeness (QED) is 0.280. The van der Waals surface area contributed by atoms with Crippen LogP contribution in [0.25, 0.3) is 54.2 Å². The maximum atomic E-state index is 6.23. The van der Waals surface area contributed by atoms with Gasteiger partial charge in [-0.1, -0.05) is 45.0 Å². The van der Waals surface area contributed by atoms with Gasteiger partial charge in [-0.15, -0.1) is 11.3 Å². The standard InChI is InChI=1S/C26H20N2OS/c1-26(2,3)20-13-16(12-15-6-4-5-7-17(15)20)23-22-19-8-9-21-18(10-11-30-21)24(19)29-25(22)28-14-27-23/h4-14H,1-3H3. The highest BCUT2D eigenvalue weighted by Crippen LogP contribution is 2.41. The van der Waals surface area contributed by atoms with Crippen molar-refractivity contribution in [2.45, 2.75) is 26.2 Å². The number of hydrogen-bond donors (Lipinski definition) is 0. The molecule has 0 spiro atoms. The van der Waals surface area contributed by atoms with Gasteiger partial charge in [-0.2, -0.15) is 0 Å². The van der Waals surface area contributed by atoms with Crippen LogP contribution in [0.3, 0.4) is 0 Å². The molecule has 3 heterocycles. The van der Waals surface area contributed by atoms with Crippen molar-refractivity contribution >= 4 is 54.3 Å². The van der Waals surface area contributed by atoms with Gasteiger partial charge < -0.3 is 4.42 Å². The predicted molar refractivity (Wildman–Crippen MR) is 126 cm³/mol. The van der Waals surface area contributed by atoms with Crippen molar-refractivity contribution in [2.75, 3.05) is 0 Å². The fourth-order valence-electron chi connectivity index (χ4n) is 4.40. The molecule has 0 saturated carbocycles. The van der Waals surface area contributed by atoms with Crippen LogP contribution in [0.2, 0.25) is 0 Å². The van der Waals surface area contributed by atoms with Crippen LogP contribution in [-0.2, 0) is 5.41 Å². The van der Waals surface area contributed by atoms with E-state index in [0.717, 1.165) is 33.0 Å². The lowest BCUT2D eigenvalue weighted by atomic mass is 9.82. The summed E-state index contributed by atoms with van der Waals surface area (Å²) in [4.78, 5) is 9.18. The van der Waals surface area contributed by atoms with Crippen molar-refractivity contribution in [3.63, 3.8) is 0 Å². The number of nitrogens with zero attached hydrogens (tertiary/aromatic N) is 2. The van der Waals surface area contributed by atoms with Gasteiger partial charge >= 0.3 is 0 Å². The fraction of sp³-hybridized carbons (Fsp3) is 0.154. The second-order valence-corrected chi connectivity index (χ2v) is 9.72. The van der Waals surface area contributed by atoms with Gasteiger partial charge in [0.15, 0.2) is 0 Å². The highest BCUT2D eigenvalue weighted by molar-refractivity contribution is 7.17. The Kier molecular flexibility index (Phi) is 3.60. The third kappa shape index (κ3) is 2.50. The first-order valence-corrected chi connectivity index (χ1v) is 11.0. The molecule has 0 aliphatic carbocycles. The van der Waals surface area contributed by atoms with Crippen molar-refractivity contribution in [2.24, 2.45) is 0 Å². The van der Waals surface area contributed by atoms with E-state index in [2.05, 4.69) is 85.7 Å². The minimum Gasteiger partial charge on any atom is -0.437 e. The number of fused-ring (bicyclic) bond motifs is 6. The highest BCUT2D eigenvalue weighted by Gasteiger charge is 2.21. The van der Waals surface area contributed by atoms with Gasteiger partial charge in [0.25, 0.3) is 0 Å². The van der Waals surface area contributed by atoms with E-state index in [1.807, 2.05) is 0 Å². The van der Waals surface area contributed by atoms with E-state index in [-0.39, 0.29) is 5.41 Å². The van der Waals surface area contributed by atoms with Gasteiger partial charge in [0.2, 0.25) is 5.71 Å². The lowest BCUT2D eigenvalue weighted by Crippen LogP contribution is -2.12. The summed E-state index contributed by atoms with van der Waals surface area (Å²) in [5, 5.41) is 7.79. The molecule has 0 saturated heterocycles. The minimum absolute atomic E-state index is 0.0169. The Labute approximate surface area is 178 Å². The van der Waals surface area contributed by atoms with E-state index in [0.29, 0.717) is 5.71 Å². The van der Waals surface area contributed by atoms with Crippen molar-refractivity contribution in [1.29, 1.82) is 0 Å². The van der Waals surface area contributed by atoms with Gasteiger partial charge in [0.1, 0.15) is 11.9 Å². The Morgan fingerprint density at radius 2 is 1.73 bits per heavy atom. The maximum absolute atomic E-state index is 6.23. The van der Waals surface area contributed by atoms with Gasteiger partial charge in [0.05, 0.1) is 11.1 Å². The van der Waals surface area contributed by atoms with E-state index in [9.17, 15) is 0 Å². The average Bonchev–Trinajstić information content (AvgIpc) is 3.36. The first-order valence-electron chi connectivity index (χ1n) is 10.1. The Morgan fingerprint density at radius 1 is 0.867 bits per heavy atom. The van der Waals surface area contributed by atoms with E-state index >= 15 is 0 Å². The molecule has 0 fully saturated rings. The number of hydrogen-bond acceptors (Lipinski definition) is 4. The summed E-state index contributed by atoms with van der Waals surface area (Å²) >= 11 is 1.72. The predicted octanol–water partition coefficient (Wildman–Crippen LogP) is 7.71. The van der Waals surface area contributed by atoms with Gasteiger partial charge in [-0.05, 0) is 57.5 Å². The molecule has 3 nitrogen and oxygen atoms in total. The summed E-state index contributed by atoms with van der Waals surface area (Å²) in [7, 11) is 0. The molecule has 0 atom stereocenters. The summed E-state index contributed by atoms with van der Waals surface area (Å²) < 4.78 is 7.45. The number of rotatable bonds is 1. The molecular formula is C26H20N2OS. The second kappa shape index (κ2) is 6.13. The normalized spacial score (nSPS) is 12.5. The molecule has 0 aliphatic rings. The molecule has 0 radical (unpaired) electrons. The van der Waals surface area contributed by atoms with Crippen LogP contribution < -0.4 is 0 Å². The molecule has 3 aromatic heterocycles. The van der Waals surface area contributed by atoms with E-state index in [1.165, 1.54) is 21.0 Å². The Bertz CT molecular complexity index is 1580. The molecule has 0 aliphatic heterocycles. The number of thiophene rings is 1. The zero-order chi connectivity index (χ0) is 20.5. The van der Waals surface area contributed by atoms with Crippen LogP contribution in [0, 0.1) is 0 Å².